The number of carboxylic acids is 1. The van der Waals surface area contributed by atoms with Crippen molar-refractivity contribution in [2.24, 2.45) is 0 Å². The van der Waals surface area contributed by atoms with Crippen molar-refractivity contribution in [1.29, 1.82) is 0 Å². The molecule has 2 N–H and O–H groups in total. The lowest BCUT2D eigenvalue weighted by molar-refractivity contribution is -0.116. The molecule has 128 valence electrons. The summed E-state index contributed by atoms with van der Waals surface area (Å²) in [7, 11) is 0. The van der Waals surface area contributed by atoms with E-state index in [1.807, 2.05) is 24.3 Å². The number of carbonyl (C=O) groups excluding carboxylic acids is 1. The fourth-order valence-corrected chi connectivity index (χ4v) is 2.53. The van der Waals surface area contributed by atoms with Gasteiger partial charge < -0.3 is 10.4 Å². The summed E-state index contributed by atoms with van der Waals surface area (Å²) >= 11 is 3.39. The molecule has 0 spiro atoms. The Morgan fingerprint density at radius 3 is 2.64 bits per heavy atom. The zero-order chi connectivity index (χ0) is 17.8. The molecule has 9 heteroatoms. The van der Waals surface area contributed by atoms with Gasteiger partial charge in [-0.1, -0.05) is 28.1 Å². The normalized spacial score (nSPS) is 10.6. The summed E-state index contributed by atoms with van der Waals surface area (Å²) in [4.78, 5) is 23.1. The average molecular weight is 404 g/mol. The van der Waals surface area contributed by atoms with Gasteiger partial charge in [0, 0.05) is 16.9 Å². The number of aromatic nitrogens is 4. The molecule has 1 amide bonds. The number of aromatic carboxylic acids is 1. The molecule has 0 atom stereocenters. The summed E-state index contributed by atoms with van der Waals surface area (Å²) in [5.41, 5.74) is 1.57. The SMILES string of the molecule is O=C(Cn1nccc1C(=O)O)Nc1cnn(Cc2ccc(Br)cc2)c1. The van der Waals surface area contributed by atoms with Gasteiger partial charge in [-0.2, -0.15) is 10.2 Å². The van der Waals surface area contributed by atoms with Gasteiger partial charge >= 0.3 is 5.97 Å². The van der Waals surface area contributed by atoms with Crippen molar-refractivity contribution in [1.82, 2.24) is 19.6 Å². The molecule has 0 bridgehead atoms. The van der Waals surface area contributed by atoms with Crippen LogP contribution in [-0.2, 0) is 17.9 Å². The Morgan fingerprint density at radius 2 is 1.92 bits per heavy atom. The highest BCUT2D eigenvalue weighted by Crippen LogP contribution is 2.13. The molecule has 0 saturated carbocycles. The van der Waals surface area contributed by atoms with Gasteiger partial charge in [-0.3, -0.25) is 9.48 Å². The van der Waals surface area contributed by atoms with E-state index in [0.29, 0.717) is 12.2 Å². The highest BCUT2D eigenvalue weighted by atomic mass is 79.9. The summed E-state index contributed by atoms with van der Waals surface area (Å²) in [6.45, 7) is 0.387. The first-order valence-corrected chi connectivity index (χ1v) is 8.12. The van der Waals surface area contributed by atoms with Gasteiger partial charge in [0.05, 0.1) is 18.4 Å². The Labute approximate surface area is 151 Å². The van der Waals surface area contributed by atoms with E-state index in [-0.39, 0.29) is 18.1 Å². The summed E-state index contributed by atoms with van der Waals surface area (Å²) in [5, 5.41) is 19.7. The number of rotatable bonds is 6. The number of carbonyl (C=O) groups is 2. The van der Waals surface area contributed by atoms with Gasteiger partial charge in [0.2, 0.25) is 5.91 Å². The number of halogens is 1. The number of nitrogens with zero attached hydrogens (tertiary/aromatic N) is 4. The van der Waals surface area contributed by atoms with E-state index in [4.69, 9.17) is 5.11 Å². The van der Waals surface area contributed by atoms with E-state index in [1.165, 1.54) is 18.5 Å². The Bertz CT molecular complexity index is 901. The number of amides is 1. The van der Waals surface area contributed by atoms with Gasteiger partial charge in [-0.25, -0.2) is 9.48 Å². The average Bonchev–Trinajstić information content (AvgIpc) is 3.19. The Morgan fingerprint density at radius 1 is 1.16 bits per heavy atom. The van der Waals surface area contributed by atoms with Crippen LogP contribution in [-0.4, -0.2) is 36.5 Å². The smallest absolute Gasteiger partial charge is 0.354 e. The van der Waals surface area contributed by atoms with Gasteiger partial charge in [0.1, 0.15) is 12.2 Å². The monoisotopic (exact) mass is 403 g/mol. The lowest BCUT2D eigenvalue weighted by Gasteiger charge is -2.05. The number of carboxylic acid groups (broad SMARTS) is 1. The van der Waals surface area contributed by atoms with Gasteiger partial charge in [0.25, 0.3) is 0 Å². The van der Waals surface area contributed by atoms with Crippen LogP contribution >= 0.6 is 15.9 Å². The molecule has 0 saturated heterocycles. The van der Waals surface area contributed by atoms with Crippen LogP contribution in [0.2, 0.25) is 0 Å². The predicted octanol–water partition coefficient (Wildman–Crippen LogP) is 2.23. The molecule has 3 rings (SSSR count). The summed E-state index contributed by atoms with van der Waals surface area (Å²) in [6.07, 6.45) is 4.59. The largest absolute Gasteiger partial charge is 0.477 e. The fraction of sp³-hybridized carbons (Fsp3) is 0.125. The van der Waals surface area contributed by atoms with Crippen molar-refractivity contribution >= 4 is 33.5 Å². The van der Waals surface area contributed by atoms with E-state index in [9.17, 15) is 9.59 Å². The fourth-order valence-electron chi connectivity index (χ4n) is 2.27. The van der Waals surface area contributed by atoms with Crippen molar-refractivity contribution in [3.8, 4) is 0 Å². The van der Waals surface area contributed by atoms with Crippen LogP contribution in [0.1, 0.15) is 16.1 Å². The maximum Gasteiger partial charge on any atom is 0.354 e. The van der Waals surface area contributed by atoms with Crippen molar-refractivity contribution < 1.29 is 14.7 Å². The van der Waals surface area contributed by atoms with E-state index >= 15 is 0 Å². The molecule has 0 unspecified atom stereocenters. The standard InChI is InChI=1S/C16H14BrN5O3/c17-12-3-1-11(2-4-12)8-21-9-13(7-19-21)20-15(23)10-22-14(16(24)25)5-6-18-22/h1-7,9H,8,10H2,(H,20,23)(H,24,25). The third kappa shape index (κ3) is 4.32. The Kier molecular flexibility index (Phi) is 4.94. The lowest BCUT2D eigenvalue weighted by Crippen LogP contribution is -2.22. The number of anilines is 1. The van der Waals surface area contributed by atoms with Crippen molar-refractivity contribution in [3.05, 3.63) is 64.7 Å². The molecule has 0 aliphatic carbocycles. The van der Waals surface area contributed by atoms with Crippen LogP contribution in [0.15, 0.2) is 53.4 Å². The maximum atomic E-state index is 12.1. The quantitative estimate of drug-likeness (QED) is 0.656. The number of hydrogen-bond donors (Lipinski definition) is 2. The van der Waals surface area contributed by atoms with Crippen LogP contribution in [0.4, 0.5) is 5.69 Å². The molecular weight excluding hydrogens is 390 g/mol. The van der Waals surface area contributed by atoms with Gasteiger partial charge in [-0.15, -0.1) is 0 Å². The van der Waals surface area contributed by atoms with Gasteiger partial charge in [0.15, 0.2) is 0 Å². The second-order valence-electron chi connectivity index (χ2n) is 5.28. The predicted molar refractivity (Wildman–Crippen MR) is 93.3 cm³/mol. The highest BCUT2D eigenvalue weighted by molar-refractivity contribution is 9.10. The van der Waals surface area contributed by atoms with Gasteiger partial charge in [-0.05, 0) is 23.8 Å². The van der Waals surface area contributed by atoms with Crippen molar-refractivity contribution in [2.75, 3.05) is 5.32 Å². The molecule has 3 aromatic rings. The number of hydrogen-bond acceptors (Lipinski definition) is 4. The molecule has 0 radical (unpaired) electrons. The molecule has 2 aromatic heterocycles. The van der Waals surface area contributed by atoms with Crippen LogP contribution < -0.4 is 5.32 Å². The Hall–Kier alpha value is -2.94. The third-order valence-corrected chi connectivity index (χ3v) is 3.93. The molecule has 0 fully saturated rings. The molecule has 8 nitrogen and oxygen atoms in total. The first-order valence-electron chi connectivity index (χ1n) is 7.33. The molecule has 25 heavy (non-hydrogen) atoms. The van der Waals surface area contributed by atoms with Crippen LogP contribution in [0.3, 0.4) is 0 Å². The Balaban J connectivity index is 1.61. The summed E-state index contributed by atoms with van der Waals surface area (Å²) in [5.74, 6) is -1.51. The zero-order valence-corrected chi connectivity index (χ0v) is 14.5. The summed E-state index contributed by atoms with van der Waals surface area (Å²) in [6, 6.07) is 9.20. The van der Waals surface area contributed by atoms with Crippen molar-refractivity contribution in [2.45, 2.75) is 13.1 Å². The minimum atomic E-state index is -1.13. The highest BCUT2D eigenvalue weighted by Gasteiger charge is 2.13. The van der Waals surface area contributed by atoms with Crippen LogP contribution in [0, 0.1) is 0 Å². The number of benzene rings is 1. The molecule has 0 aliphatic heterocycles. The topological polar surface area (TPSA) is 102 Å². The van der Waals surface area contributed by atoms with Crippen LogP contribution in [0.25, 0.3) is 0 Å². The molecule has 0 aliphatic rings. The van der Waals surface area contributed by atoms with Crippen LogP contribution in [0.5, 0.6) is 0 Å². The van der Waals surface area contributed by atoms with E-state index in [1.54, 1.807) is 10.9 Å². The molecular formula is C16H14BrN5O3. The second-order valence-corrected chi connectivity index (χ2v) is 6.20. The summed E-state index contributed by atoms with van der Waals surface area (Å²) < 4.78 is 3.84. The number of nitrogens with one attached hydrogen (secondary N) is 1. The maximum absolute atomic E-state index is 12.1. The minimum Gasteiger partial charge on any atom is -0.477 e. The molecule has 2 heterocycles. The third-order valence-electron chi connectivity index (χ3n) is 3.40. The van der Waals surface area contributed by atoms with E-state index < -0.39 is 5.97 Å². The minimum absolute atomic E-state index is 0.0407. The lowest BCUT2D eigenvalue weighted by atomic mass is 10.2. The second kappa shape index (κ2) is 7.31. The first kappa shape index (κ1) is 16.9. The zero-order valence-electron chi connectivity index (χ0n) is 13.0. The molecule has 1 aromatic carbocycles. The van der Waals surface area contributed by atoms with E-state index in [0.717, 1.165) is 14.7 Å². The van der Waals surface area contributed by atoms with E-state index in [2.05, 4.69) is 31.4 Å². The first-order chi connectivity index (χ1) is 12.0. The van der Waals surface area contributed by atoms with Crippen molar-refractivity contribution in [3.63, 3.8) is 0 Å².